The normalized spacial score (nSPS) is 15.4. The Hall–Kier alpha value is -3.64. The second-order valence-electron chi connectivity index (χ2n) is 7.15. The van der Waals surface area contributed by atoms with Crippen molar-refractivity contribution in [2.24, 2.45) is 0 Å². The molecule has 0 saturated heterocycles. The lowest BCUT2D eigenvalue weighted by atomic mass is 9.98. The van der Waals surface area contributed by atoms with E-state index in [1.807, 2.05) is 0 Å². The van der Waals surface area contributed by atoms with Crippen molar-refractivity contribution in [2.45, 2.75) is 6.04 Å². The van der Waals surface area contributed by atoms with Crippen LogP contribution in [0, 0.1) is 5.82 Å². The first-order valence-electron chi connectivity index (χ1n) is 9.47. The average Bonchev–Trinajstić information content (AvgIpc) is 3.07. The molecule has 1 aliphatic heterocycles. The molecule has 0 saturated carbocycles. The summed E-state index contributed by atoms with van der Waals surface area (Å²) in [4.78, 5) is 28.4. The van der Waals surface area contributed by atoms with Crippen LogP contribution < -0.4 is 15.1 Å². The van der Waals surface area contributed by atoms with Crippen molar-refractivity contribution in [2.75, 3.05) is 12.0 Å². The topological polar surface area (TPSA) is 59.8 Å². The maximum Gasteiger partial charge on any atom is 0.295 e. The van der Waals surface area contributed by atoms with Gasteiger partial charge >= 0.3 is 0 Å². The highest BCUT2D eigenvalue weighted by atomic mass is 35.5. The van der Waals surface area contributed by atoms with Crippen LogP contribution in [-0.4, -0.2) is 13.0 Å². The summed E-state index contributed by atoms with van der Waals surface area (Å²) in [6.07, 6.45) is 0. The molecule has 1 unspecified atom stereocenters. The van der Waals surface area contributed by atoms with Crippen molar-refractivity contribution in [3.63, 3.8) is 0 Å². The van der Waals surface area contributed by atoms with E-state index in [-0.39, 0.29) is 22.3 Å². The Morgan fingerprint density at radius 3 is 2.61 bits per heavy atom. The number of halogens is 2. The van der Waals surface area contributed by atoms with E-state index in [1.165, 1.54) is 24.1 Å². The first kappa shape index (κ1) is 19.3. The number of hydrogen-bond donors (Lipinski definition) is 0. The number of amides is 1. The fourth-order valence-corrected chi connectivity index (χ4v) is 4.15. The minimum Gasteiger partial charge on any atom is -0.497 e. The number of ether oxygens (including phenoxy) is 1. The van der Waals surface area contributed by atoms with E-state index in [4.69, 9.17) is 20.8 Å². The van der Waals surface area contributed by atoms with Crippen molar-refractivity contribution in [1.29, 1.82) is 0 Å². The third-order valence-electron chi connectivity index (χ3n) is 5.33. The van der Waals surface area contributed by atoms with E-state index in [0.717, 1.165) is 6.07 Å². The van der Waals surface area contributed by atoms with Gasteiger partial charge in [0.05, 0.1) is 24.1 Å². The molecular weight excluding hydrogens is 421 g/mol. The lowest BCUT2D eigenvalue weighted by molar-refractivity contribution is 0.0971. The summed E-state index contributed by atoms with van der Waals surface area (Å²) in [5.41, 5.74) is 0.995. The fraction of sp³-hybridized carbons (Fsp3) is 0.0833. The van der Waals surface area contributed by atoms with Gasteiger partial charge in [-0.2, -0.15) is 0 Å². The van der Waals surface area contributed by atoms with Gasteiger partial charge in [0.1, 0.15) is 17.1 Å². The van der Waals surface area contributed by atoms with Crippen LogP contribution in [-0.2, 0) is 0 Å². The molecule has 0 aliphatic carbocycles. The number of benzene rings is 3. The van der Waals surface area contributed by atoms with Gasteiger partial charge in [0.25, 0.3) is 5.91 Å². The summed E-state index contributed by atoms with van der Waals surface area (Å²) >= 11 is 6.17. The van der Waals surface area contributed by atoms with Gasteiger partial charge in [-0.05, 0) is 54.1 Å². The smallest absolute Gasteiger partial charge is 0.295 e. The van der Waals surface area contributed by atoms with E-state index in [1.54, 1.807) is 48.5 Å². The van der Waals surface area contributed by atoms with Crippen molar-refractivity contribution < 1.29 is 18.3 Å². The van der Waals surface area contributed by atoms with E-state index < -0.39 is 23.2 Å². The summed E-state index contributed by atoms with van der Waals surface area (Å²) in [5.74, 6) is -0.542. The van der Waals surface area contributed by atoms with Crippen LogP contribution in [0.25, 0.3) is 11.0 Å². The van der Waals surface area contributed by atoms with Gasteiger partial charge in [-0.1, -0.05) is 29.8 Å². The molecule has 0 fully saturated rings. The number of methoxy groups -OCH3 is 1. The zero-order chi connectivity index (χ0) is 21.7. The molecule has 5 nitrogen and oxygen atoms in total. The number of hydrogen-bond acceptors (Lipinski definition) is 4. The van der Waals surface area contributed by atoms with Crippen molar-refractivity contribution in [3.8, 4) is 5.75 Å². The van der Waals surface area contributed by atoms with Gasteiger partial charge in [0, 0.05) is 10.7 Å². The Kier molecular flexibility index (Phi) is 4.52. The van der Waals surface area contributed by atoms with Crippen LogP contribution in [0.4, 0.5) is 10.1 Å². The lowest BCUT2D eigenvalue weighted by Gasteiger charge is -2.25. The highest BCUT2D eigenvalue weighted by molar-refractivity contribution is 6.31. The van der Waals surface area contributed by atoms with Crippen LogP contribution in [0.2, 0.25) is 5.02 Å². The fourth-order valence-electron chi connectivity index (χ4n) is 3.96. The third kappa shape index (κ3) is 3.07. The molecular formula is C24H15ClFNO4. The molecule has 1 aliphatic rings. The minimum absolute atomic E-state index is 0.0723. The van der Waals surface area contributed by atoms with E-state index >= 15 is 0 Å². The molecule has 0 bridgehead atoms. The van der Waals surface area contributed by atoms with Gasteiger partial charge in [-0.15, -0.1) is 0 Å². The second-order valence-corrected chi connectivity index (χ2v) is 7.59. The summed E-state index contributed by atoms with van der Waals surface area (Å²) < 4.78 is 25.0. The number of fused-ring (bicyclic) bond motifs is 2. The van der Waals surface area contributed by atoms with Crippen LogP contribution in [0.15, 0.2) is 75.9 Å². The van der Waals surface area contributed by atoms with E-state index in [0.29, 0.717) is 22.0 Å². The summed E-state index contributed by atoms with van der Waals surface area (Å²) in [7, 11) is 1.53. The first-order chi connectivity index (χ1) is 15.0. The number of rotatable bonds is 3. The molecule has 1 aromatic heterocycles. The second kappa shape index (κ2) is 7.25. The Morgan fingerprint density at radius 1 is 1.03 bits per heavy atom. The molecule has 7 heteroatoms. The molecule has 4 aromatic rings. The van der Waals surface area contributed by atoms with Gasteiger partial charge in [-0.25, -0.2) is 4.39 Å². The Labute approximate surface area is 181 Å². The molecule has 0 radical (unpaired) electrons. The van der Waals surface area contributed by atoms with E-state index in [2.05, 4.69) is 0 Å². The monoisotopic (exact) mass is 435 g/mol. The molecule has 5 rings (SSSR count). The highest BCUT2D eigenvalue weighted by Crippen LogP contribution is 2.42. The predicted molar refractivity (Wildman–Crippen MR) is 116 cm³/mol. The van der Waals surface area contributed by atoms with Crippen molar-refractivity contribution in [1.82, 2.24) is 0 Å². The van der Waals surface area contributed by atoms with E-state index in [9.17, 15) is 14.0 Å². The molecule has 1 amide bonds. The standard InChI is InChI=1S/C24H15ClFNO4/c1-30-17-7-2-4-13(10-17)21-20-22(28)18-12-15(26)8-9-19(18)31-23(20)24(29)27(21)16-6-3-5-14(25)11-16/h2-12,21H,1H3. The van der Waals surface area contributed by atoms with Crippen LogP contribution >= 0.6 is 11.6 Å². The lowest BCUT2D eigenvalue weighted by Crippen LogP contribution is -2.29. The predicted octanol–water partition coefficient (Wildman–Crippen LogP) is 5.34. The van der Waals surface area contributed by atoms with Crippen molar-refractivity contribution in [3.05, 3.63) is 105 Å². The van der Waals surface area contributed by atoms with Crippen LogP contribution in [0.5, 0.6) is 5.75 Å². The molecule has 3 aromatic carbocycles. The number of carbonyl (C=O) groups is 1. The average molecular weight is 436 g/mol. The quantitative estimate of drug-likeness (QED) is 0.435. The Balaban J connectivity index is 1.83. The summed E-state index contributed by atoms with van der Waals surface area (Å²) in [5, 5.41) is 0.518. The zero-order valence-corrected chi connectivity index (χ0v) is 17.0. The summed E-state index contributed by atoms with van der Waals surface area (Å²) in [6, 6.07) is 16.7. The molecule has 154 valence electrons. The van der Waals surface area contributed by atoms with Gasteiger partial charge in [0.15, 0.2) is 5.43 Å². The zero-order valence-electron chi connectivity index (χ0n) is 16.3. The largest absolute Gasteiger partial charge is 0.497 e. The van der Waals surface area contributed by atoms with Gasteiger partial charge in [0.2, 0.25) is 5.76 Å². The maximum atomic E-state index is 13.9. The number of anilines is 1. The minimum atomic E-state index is -0.792. The maximum absolute atomic E-state index is 13.9. The van der Waals surface area contributed by atoms with Crippen LogP contribution in [0.1, 0.15) is 27.7 Å². The highest BCUT2D eigenvalue weighted by Gasteiger charge is 2.43. The Bertz CT molecular complexity index is 1410. The molecule has 0 N–H and O–H groups in total. The number of carbonyl (C=O) groups excluding carboxylic acids is 1. The first-order valence-corrected chi connectivity index (χ1v) is 9.85. The van der Waals surface area contributed by atoms with Gasteiger partial charge in [-0.3, -0.25) is 14.5 Å². The Morgan fingerprint density at radius 2 is 1.84 bits per heavy atom. The molecule has 2 heterocycles. The number of nitrogens with zero attached hydrogens (tertiary/aromatic N) is 1. The molecule has 1 atom stereocenters. The summed E-state index contributed by atoms with van der Waals surface area (Å²) in [6.45, 7) is 0. The SMILES string of the molecule is COc1cccc(C2c3c(oc4ccc(F)cc4c3=O)C(=O)N2c2cccc(Cl)c2)c1. The third-order valence-corrected chi connectivity index (χ3v) is 5.56. The van der Waals surface area contributed by atoms with Gasteiger partial charge < -0.3 is 9.15 Å². The molecule has 31 heavy (non-hydrogen) atoms. The van der Waals surface area contributed by atoms with Crippen molar-refractivity contribution >= 4 is 34.2 Å². The molecule has 0 spiro atoms. The van der Waals surface area contributed by atoms with Crippen LogP contribution in [0.3, 0.4) is 0 Å².